The Labute approximate surface area is 224 Å². The molecule has 3 aliphatic heterocycles. The molecule has 4 aliphatic rings. The van der Waals surface area contributed by atoms with E-state index in [-0.39, 0.29) is 23.5 Å². The van der Waals surface area contributed by atoms with Crippen LogP contribution in [0.4, 0.5) is 5.69 Å². The summed E-state index contributed by atoms with van der Waals surface area (Å²) in [6, 6.07) is 25.9. The molecule has 4 atom stereocenters. The second-order valence-electron chi connectivity index (χ2n) is 10.8. The molecule has 1 amide bonds. The molecular formula is C32H23ClN2O3. The standard InChI is InChI=1S/C32H23ClN2O3/c33-20-15-13-19(14-16-20)28(36)27-25-12-5-17-35(25)32(31(27)22-9-1-2-11-24(22)34-30(31)38)23-10-4-7-18-6-3-8-21(26(18)23)29(32)37/h1-4,6-11,13-16,25,27H,5,12,17H2,(H,34,38)/t25?,27-,31+,32+/m0/s1. The fraction of sp³-hybridized carbons (Fsp3) is 0.219. The SMILES string of the molecule is O=C(c1ccc(Cl)cc1)[C@@H]1C2CCCN2[C@]2(C(=O)c3cccc4cccc2c34)[C@@]12C(=O)Nc1ccccc12. The predicted molar refractivity (Wildman–Crippen MR) is 146 cm³/mol. The molecule has 186 valence electrons. The van der Waals surface area contributed by atoms with Crippen molar-refractivity contribution in [3.05, 3.63) is 112 Å². The second kappa shape index (κ2) is 7.40. The number of rotatable bonds is 2. The quantitative estimate of drug-likeness (QED) is 0.343. The first kappa shape index (κ1) is 22.2. The van der Waals surface area contributed by atoms with Crippen LogP contribution in [0.15, 0.2) is 84.9 Å². The number of nitrogens with one attached hydrogen (secondary N) is 1. The van der Waals surface area contributed by atoms with E-state index in [0.29, 0.717) is 28.4 Å². The van der Waals surface area contributed by atoms with Crippen LogP contribution in [0.2, 0.25) is 5.02 Å². The largest absolute Gasteiger partial charge is 0.325 e. The number of ketones is 2. The molecular weight excluding hydrogens is 496 g/mol. The minimum absolute atomic E-state index is 0.0885. The lowest BCUT2D eigenvalue weighted by molar-refractivity contribution is -0.124. The van der Waals surface area contributed by atoms with Gasteiger partial charge < -0.3 is 5.32 Å². The molecule has 0 bridgehead atoms. The van der Waals surface area contributed by atoms with Crippen molar-refractivity contribution in [3.8, 4) is 0 Å². The van der Waals surface area contributed by atoms with Crippen molar-refractivity contribution in [1.29, 1.82) is 0 Å². The molecule has 38 heavy (non-hydrogen) atoms. The van der Waals surface area contributed by atoms with E-state index in [1.54, 1.807) is 24.3 Å². The van der Waals surface area contributed by atoms with E-state index in [2.05, 4.69) is 10.2 Å². The van der Waals surface area contributed by atoms with E-state index in [0.717, 1.165) is 34.7 Å². The average Bonchev–Trinajstić information content (AvgIpc) is 3.65. The maximum Gasteiger partial charge on any atom is 0.238 e. The highest BCUT2D eigenvalue weighted by molar-refractivity contribution is 6.31. The molecule has 5 nitrogen and oxygen atoms in total. The third-order valence-corrected chi connectivity index (χ3v) is 9.64. The number of Topliss-reactive ketones (excluding diaryl/α,β-unsaturated/α-hetero) is 2. The van der Waals surface area contributed by atoms with Crippen LogP contribution in [0, 0.1) is 5.92 Å². The Kier molecular flexibility index (Phi) is 4.33. The molecule has 2 spiro atoms. The van der Waals surface area contributed by atoms with Crippen molar-refractivity contribution in [2.75, 3.05) is 11.9 Å². The summed E-state index contributed by atoms with van der Waals surface area (Å²) in [6.07, 6.45) is 1.60. The first-order valence-electron chi connectivity index (χ1n) is 13.1. The molecule has 4 aromatic carbocycles. The highest BCUT2D eigenvalue weighted by atomic mass is 35.5. The van der Waals surface area contributed by atoms with Gasteiger partial charge in [-0.15, -0.1) is 0 Å². The summed E-state index contributed by atoms with van der Waals surface area (Å²) in [5, 5.41) is 5.50. The van der Waals surface area contributed by atoms with Crippen LogP contribution in [0.25, 0.3) is 10.8 Å². The van der Waals surface area contributed by atoms with Crippen LogP contribution in [-0.2, 0) is 15.7 Å². The minimum atomic E-state index is -1.42. The number of para-hydroxylation sites is 1. The van der Waals surface area contributed by atoms with E-state index < -0.39 is 16.9 Å². The molecule has 0 radical (unpaired) electrons. The van der Waals surface area contributed by atoms with E-state index in [9.17, 15) is 14.4 Å². The molecule has 2 fully saturated rings. The van der Waals surface area contributed by atoms with Gasteiger partial charge in [0.1, 0.15) is 11.0 Å². The molecule has 2 saturated heterocycles. The van der Waals surface area contributed by atoms with Crippen molar-refractivity contribution < 1.29 is 14.4 Å². The molecule has 1 aliphatic carbocycles. The van der Waals surface area contributed by atoms with E-state index >= 15 is 0 Å². The third kappa shape index (κ3) is 2.32. The Morgan fingerprint density at radius 3 is 2.45 bits per heavy atom. The minimum Gasteiger partial charge on any atom is -0.325 e. The number of halogens is 1. The lowest BCUT2D eigenvalue weighted by atomic mass is 9.56. The smallest absolute Gasteiger partial charge is 0.238 e. The van der Waals surface area contributed by atoms with E-state index in [1.807, 2.05) is 60.7 Å². The summed E-state index contributed by atoms with van der Waals surface area (Å²) < 4.78 is 0. The Morgan fingerprint density at radius 2 is 1.63 bits per heavy atom. The van der Waals surface area contributed by atoms with Gasteiger partial charge in [0.15, 0.2) is 11.6 Å². The number of carbonyl (C=O) groups is 3. The van der Waals surface area contributed by atoms with E-state index in [1.165, 1.54) is 0 Å². The van der Waals surface area contributed by atoms with Gasteiger partial charge in [0.25, 0.3) is 0 Å². The third-order valence-electron chi connectivity index (χ3n) is 9.39. The Bertz CT molecular complexity index is 1730. The first-order valence-corrected chi connectivity index (χ1v) is 13.4. The predicted octanol–water partition coefficient (Wildman–Crippen LogP) is 5.75. The Morgan fingerprint density at radius 1 is 0.895 bits per heavy atom. The van der Waals surface area contributed by atoms with Gasteiger partial charge in [0.05, 0.1) is 5.92 Å². The Hall–Kier alpha value is -3.80. The lowest BCUT2D eigenvalue weighted by Crippen LogP contribution is -2.61. The van der Waals surface area contributed by atoms with Gasteiger partial charge in [-0.1, -0.05) is 66.2 Å². The number of carbonyl (C=O) groups excluding carboxylic acids is 3. The molecule has 6 heteroatoms. The lowest BCUT2D eigenvalue weighted by Gasteiger charge is -2.44. The number of hydrogen-bond acceptors (Lipinski definition) is 4. The topological polar surface area (TPSA) is 66.5 Å². The highest BCUT2D eigenvalue weighted by Gasteiger charge is 2.80. The van der Waals surface area contributed by atoms with Gasteiger partial charge in [0.2, 0.25) is 5.91 Å². The van der Waals surface area contributed by atoms with Gasteiger partial charge >= 0.3 is 0 Å². The van der Waals surface area contributed by atoms with Crippen molar-refractivity contribution in [2.45, 2.75) is 29.8 Å². The summed E-state index contributed by atoms with van der Waals surface area (Å²) >= 11 is 6.16. The monoisotopic (exact) mass is 518 g/mol. The summed E-state index contributed by atoms with van der Waals surface area (Å²) in [5.74, 6) is -1.24. The normalized spacial score (nSPS) is 28.9. The molecule has 0 saturated carbocycles. The van der Waals surface area contributed by atoms with Crippen LogP contribution in [0.5, 0.6) is 0 Å². The maximum absolute atomic E-state index is 15.0. The summed E-state index contributed by atoms with van der Waals surface area (Å²) in [6.45, 7) is 0.641. The number of hydrogen-bond donors (Lipinski definition) is 1. The van der Waals surface area contributed by atoms with Crippen LogP contribution in [0.3, 0.4) is 0 Å². The van der Waals surface area contributed by atoms with Crippen molar-refractivity contribution >= 4 is 45.5 Å². The fourth-order valence-electron chi connectivity index (χ4n) is 8.23. The van der Waals surface area contributed by atoms with Crippen LogP contribution in [0.1, 0.15) is 44.7 Å². The second-order valence-corrected chi connectivity index (χ2v) is 11.2. The average molecular weight is 519 g/mol. The van der Waals surface area contributed by atoms with Crippen molar-refractivity contribution in [3.63, 3.8) is 0 Å². The van der Waals surface area contributed by atoms with Crippen LogP contribution >= 0.6 is 11.6 Å². The molecule has 1 N–H and O–H groups in total. The van der Waals surface area contributed by atoms with Crippen molar-refractivity contribution in [1.82, 2.24) is 4.90 Å². The molecule has 8 rings (SSSR count). The number of nitrogens with zero attached hydrogens (tertiary/aromatic N) is 1. The van der Waals surface area contributed by atoms with Gasteiger partial charge in [0, 0.05) is 27.9 Å². The molecule has 1 unspecified atom stereocenters. The zero-order valence-electron chi connectivity index (χ0n) is 20.4. The fourth-order valence-corrected chi connectivity index (χ4v) is 8.36. The zero-order valence-corrected chi connectivity index (χ0v) is 21.2. The molecule has 3 heterocycles. The maximum atomic E-state index is 15.0. The Balaban J connectivity index is 1.51. The van der Waals surface area contributed by atoms with Crippen LogP contribution in [-0.4, -0.2) is 35.0 Å². The number of amides is 1. The van der Waals surface area contributed by atoms with E-state index in [4.69, 9.17) is 11.6 Å². The van der Waals surface area contributed by atoms with Gasteiger partial charge in [-0.3, -0.25) is 19.3 Å². The van der Waals surface area contributed by atoms with Crippen LogP contribution < -0.4 is 5.32 Å². The van der Waals surface area contributed by atoms with Gasteiger partial charge in [-0.2, -0.15) is 0 Å². The summed E-state index contributed by atoms with van der Waals surface area (Å²) in [4.78, 5) is 46.4. The number of anilines is 1. The number of benzene rings is 4. The summed E-state index contributed by atoms with van der Waals surface area (Å²) in [5.41, 5.74) is 0.616. The van der Waals surface area contributed by atoms with Gasteiger partial charge in [-0.25, -0.2) is 0 Å². The van der Waals surface area contributed by atoms with Gasteiger partial charge in [-0.05, 0) is 71.6 Å². The zero-order chi connectivity index (χ0) is 25.8. The van der Waals surface area contributed by atoms with Crippen molar-refractivity contribution in [2.24, 2.45) is 5.92 Å². The summed E-state index contributed by atoms with van der Waals surface area (Å²) in [7, 11) is 0. The highest BCUT2D eigenvalue weighted by Crippen LogP contribution is 2.68. The molecule has 0 aromatic heterocycles. The molecule has 4 aromatic rings. The number of fused-ring (bicyclic) bond motifs is 6. The first-order chi connectivity index (χ1) is 18.5.